The Morgan fingerprint density at radius 1 is 0.913 bits per heavy atom. The minimum atomic E-state index is 0. The van der Waals surface area contributed by atoms with Crippen molar-refractivity contribution in [2.75, 3.05) is 27.4 Å². The number of ether oxygens (including phenoxy) is 3. The number of hydrogen-bond donors (Lipinski definition) is 1. The molecule has 0 spiro atoms. The molecule has 23 heavy (non-hydrogen) atoms. The maximum absolute atomic E-state index is 5.85. The molecule has 0 aliphatic carbocycles. The highest BCUT2D eigenvalue weighted by Gasteiger charge is 2.06. The first-order valence-corrected chi connectivity index (χ1v) is 7.37. The molecule has 2 rings (SSSR count). The van der Waals surface area contributed by atoms with Gasteiger partial charge in [0.25, 0.3) is 0 Å². The van der Waals surface area contributed by atoms with Gasteiger partial charge in [-0.3, -0.25) is 0 Å². The van der Waals surface area contributed by atoms with Crippen LogP contribution in [0.3, 0.4) is 0 Å². The number of rotatable bonds is 9. The quantitative estimate of drug-likeness (QED) is 0.712. The van der Waals surface area contributed by atoms with Crippen molar-refractivity contribution in [2.24, 2.45) is 0 Å². The zero-order chi connectivity index (χ0) is 15.6. The van der Waals surface area contributed by atoms with Gasteiger partial charge in [0.1, 0.15) is 6.61 Å². The molecule has 0 fully saturated rings. The number of benzene rings is 2. The maximum Gasteiger partial charge on any atom is 0.161 e. The molecular weight excluding hydrogens is 314 g/mol. The molecule has 0 unspecified atom stereocenters. The number of hydrogen-bond acceptors (Lipinski definition) is 4. The molecule has 0 aliphatic rings. The zero-order valence-electron chi connectivity index (χ0n) is 13.6. The maximum atomic E-state index is 5.85. The van der Waals surface area contributed by atoms with Gasteiger partial charge in [0.05, 0.1) is 13.7 Å². The first kappa shape index (κ1) is 19.3. The van der Waals surface area contributed by atoms with Crippen molar-refractivity contribution in [3.8, 4) is 11.5 Å². The summed E-state index contributed by atoms with van der Waals surface area (Å²) in [4.78, 5) is 0. The van der Waals surface area contributed by atoms with Crippen LogP contribution < -0.4 is 14.8 Å². The van der Waals surface area contributed by atoms with Crippen molar-refractivity contribution in [2.45, 2.75) is 13.2 Å². The van der Waals surface area contributed by atoms with Crippen molar-refractivity contribution in [3.63, 3.8) is 0 Å². The molecule has 0 bridgehead atoms. The lowest BCUT2D eigenvalue weighted by Gasteiger charge is -2.12. The molecule has 0 atom stereocenters. The van der Waals surface area contributed by atoms with E-state index in [0.717, 1.165) is 35.7 Å². The Morgan fingerprint density at radius 2 is 1.70 bits per heavy atom. The van der Waals surface area contributed by atoms with E-state index < -0.39 is 0 Å². The number of methoxy groups -OCH3 is 2. The van der Waals surface area contributed by atoms with Crippen LogP contribution in [0.25, 0.3) is 0 Å². The Hall–Kier alpha value is -1.75. The van der Waals surface area contributed by atoms with E-state index >= 15 is 0 Å². The fourth-order valence-electron chi connectivity index (χ4n) is 2.08. The van der Waals surface area contributed by atoms with Gasteiger partial charge in [-0.2, -0.15) is 0 Å². The van der Waals surface area contributed by atoms with Crippen molar-refractivity contribution in [3.05, 3.63) is 59.7 Å². The zero-order valence-corrected chi connectivity index (χ0v) is 14.4. The van der Waals surface area contributed by atoms with Gasteiger partial charge in [0.2, 0.25) is 0 Å². The van der Waals surface area contributed by atoms with Crippen LogP contribution in [0.2, 0.25) is 0 Å². The van der Waals surface area contributed by atoms with E-state index in [4.69, 9.17) is 14.2 Å². The minimum Gasteiger partial charge on any atom is -0.493 e. The number of halogens is 1. The van der Waals surface area contributed by atoms with Crippen molar-refractivity contribution >= 4 is 12.4 Å². The lowest BCUT2D eigenvalue weighted by Crippen LogP contribution is -2.18. The van der Waals surface area contributed by atoms with Crippen LogP contribution in [-0.4, -0.2) is 27.4 Å². The molecule has 0 aromatic heterocycles. The van der Waals surface area contributed by atoms with Crippen LogP contribution in [0.5, 0.6) is 11.5 Å². The van der Waals surface area contributed by atoms with Gasteiger partial charge in [-0.1, -0.05) is 36.4 Å². The highest BCUT2D eigenvalue weighted by molar-refractivity contribution is 5.85. The lowest BCUT2D eigenvalue weighted by molar-refractivity contribution is 0.199. The summed E-state index contributed by atoms with van der Waals surface area (Å²) < 4.78 is 16.3. The summed E-state index contributed by atoms with van der Waals surface area (Å²) in [5.74, 6) is 1.51. The largest absolute Gasteiger partial charge is 0.493 e. The fourth-order valence-corrected chi connectivity index (χ4v) is 2.08. The van der Waals surface area contributed by atoms with E-state index in [2.05, 4.69) is 5.32 Å². The summed E-state index contributed by atoms with van der Waals surface area (Å²) in [6.45, 7) is 2.84. The van der Waals surface area contributed by atoms with Gasteiger partial charge >= 0.3 is 0 Å². The highest BCUT2D eigenvalue weighted by atomic mass is 35.5. The summed E-state index contributed by atoms with van der Waals surface area (Å²) in [6, 6.07) is 16.1. The molecule has 2 aromatic carbocycles. The van der Waals surface area contributed by atoms with E-state index in [9.17, 15) is 0 Å². The third-order valence-electron chi connectivity index (χ3n) is 3.28. The predicted molar refractivity (Wildman–Crippen MR) is 94.6 cm³/mol. The average molecular weight is 338 g/mol. The van der Waals surface area contributed by atoms with Gasteiger partial charge in [-0.15, -0.1) is 12.4 Å². The first-order valence-electron chi connectivity index (χ1n) is 7.37. The van der Waals surface area contributed by atoms with Crippen LogP contribution in [0, 0.1) is 0 Å². The topological polar surface area (TPSA) is 39.7 Å². The van der Waals surface area contributed by atoms with Gasteiger partial charge in [0, 0.05) is 20.2 Å². The predicted octanol–water partition coefficient (Wildman–Crippen LogP) is 3.43. The summed E-state index contributed by atoms with van der Waals surface area (Å²) >= 11 is 0. The number of nitrogens with one attached hydrogen (secondary N) is 1. The second kappa shape index (κ2) is 10.9. The van der Waals surface area contributed by atoms with E-state index in [1.807, 2.05) is 48.5 Å². The average Bonchev–Trinajstić information content (AvgIpc) is 2.58. The second-order valence-corrected chi connectivity index (χ2v) is 4.93. The van der Waals surface area contributed by atoms with Crippen molar-refractivity contribution < 1.29 is 14.2 Å². The lowest BCUT2D eigenvalue weighted by atomic mass is 10.2. The SMILES string of the molecule is COCCNCc1ccc(OCc2ccccc2)c(OC)c1.Cl. The van der Waals surface area contributed by atoms with E-state index in [0.29, 0.717) is 13.2 Å². The first-order chi connectivity index (χ1) is 10.8. The van der Waals surface area contributed by atoms with Crippen molar-refractivity contribution in [1.29, 1.82) is 0 Å². The summed E-state index contributed by atoms with van der Waals surface area (Å²) in [5, 5.41) is 3.31. The molecule has 2 aromatic rings. The van der Waals surface area contributed by atoms with Gasteiger partial charge in [0.15, 0.2) is 11.5 Å². The Labute approximate surface area is 144 Å². The van der Waals surface area contributed by atoms with Gasteiger partial charge in [-0.25, -0.2) is 0 Å². The molecule has 0 heterocycles. The highest BCUT2D eigenvalue weighted by Crippen LogP contribution is 2.28. The second-order valence-electron chi connectivity index (χ2n) is 4.93. The molecule has 0 radical (unpaired) electrons. The summed E-state index contributed by atoms with van der Waals surface area (Å²) in [5.41, 5.74) is 2.29. The Bertz CT molecular complexity index is 563. The summed E-state index contributed by atoms with van der Waals surface area (Å²) in [6.07, 6.45) is 0. The Balaban J connectivity index is 0.00000264. The standard InChI is InChI=1S/C18H23NO3.ClH/c1-20-11-10-19-13-16-8-9-17(18(12-16)21-2)22-14-15-6-4-3-5-7-15;/h3-9,12,19H,10-11,13-14H2,1-2H3;1H. The Morgan fingerprint density at radius 3 is 2.39 bits per heavy atom. The van der Waals surface area contributed by atoms with E-state index in [1.54, 1.807) is 14.2 Å². The van der Waals surface area contributed by atoms with Gasteiger partial charge in [-0.05, 0) is 23.3 Å². The molecule has 0 amide bonds. The Kier molecular flexibility index (Phi) is 9.14. The van der Waals surface area contributed by atoms with Crippen molar-refractivity contribution in [1.82, 2.24) is 5.32 Å². The minimum absolute atomic E-state index is 0. The third-order valence-corrected chi connectivity index (χ3v) is 3.28. The van der Waals surface area contributed by atoms with Crippen LogP contribution in [0.15, 0.2) is 48.5 Å². The monoisotopic (exact) mass is 337 g/mol. The van der Waals surface area contributed by atoms with Crippen LogP contribution >= 0.6 is 12.4 Å². The van der Waals surface area contributed by atoms with E-state index in [-0.39, 0.29) is 12.4 Å². The van der Waals surface area contributed by atoms with Crippen LogP contribution in [0.1, 0.15) is 11.1 Å². The third kappa shape index (κ3) is 6.48. The molecule has 0 aliphatic heterocycles. The summed E-state index contributed by atoms with van der Waals surface area (Å²) in [7, 11) is 3.36. The molecule has 1 N–H and O–H groups in total. The molecule has 126 valence electrons. The molecule has 5 heteroatoms. The normalized spacial score (nSPS) is 10.0. The molecule has 0 saturated heterocycles. The molecular formula is C18H24ClNO3. The van der Waals surface area contributed by atoms with E-state index in [1.165, 1.54) is 0 Å². The molecule has 0 saturated carbocycles. The van der Waals surface area contributed by atoms with Crippen LogP contribution in [-0.2, 0) is 17.9 Å². The molecule has 4 nitrogen and oxygen atoms in total. The smallest absolute Gasteiger partial charge is 0.161 e. The fraction of sp³-hybridized carbons (Fsp3) is 0.333. The van der Waals surface area contributed by atoms with Gasteiger partial charge < -0.3 is 19.5 Å². The van der Waals surface area contributed by atoms with Crippen LogP contribution in [0.4, 0.5) is 0 Å².